The highest BCUT2D eigenvalue weighted by Crippen LogP contribution is 2.23. The molecule has 6 nitrogen and oxygen atoms in total. The standard InChI is InChI=1S/C22H38F3NO5/c1-4-30-21(29)14-7-5-6-10-16-26(18(2)27)17-11-13-20(31-19(3)28)12-8-9-15-22(23,24)25/h20H,4-17H2,1-3H3. The van der Waals surface area contributed by atoms with Crippen molar-refractivity contribution in [3.05, 3.63) is 0 Å². The number of halogens is 3. The molecule has 9 heteroatoms. The molecule has 0 aliphatic carbocycles. The number of hydrogen-bond acceptors (Lipinski definition) is 5. The molecule has 0 radical (unpaired) electrons. The van der Waals surface area contributed by atoms with E-state index in [1.54, 1.807) is 11.8 Å². The number of alkyl halides is 3. The highest BCUT2D eigenvalue weighted by Gasteiger charge is 2.26. The van der Waals surface area contributed by atoms with Crippen LogP contribution in [0.25, 0.3) is 0 Å². The molecule has 0 N–H and O–H groups in total. The molecule has 0 bridgehead atoms. The molecule has 1 amide bonds. The van der Waals surface area contributed by atoms with Gasteiger partial charge in [-0.2, -0.15) is 13.2 Å². The lowest BCUT2D eigenvalue weighted by molar-refractivity contribution is -0.148. The fourth-order valence-corrected chi connectivity index (χ4v) is 3.29. The minimum absolute atomic E-state index is 0.0109. The molecule has 1 atom stereocenters. The molecule has 0 aromatic carbocycles. The van der Waals surface area contributed by atoms with Crippen LogP contribution in [0.2, 0.25) is 0 Å². The van der Waals surface area contributed by atoms with E-state index in [0.29, 0.717) is 51.8 Å². The Morgan fingerprint density at radius 3 is 2.06 bits per heavy atom. The maximum absolute atomic E-state index is 12.3. The first kappa shape index (κ1) is 29.2. The normalized spacial score (nSPS) is 12.3. The summed E-state index contributed by atoms with van der Waals surface area (Å²) in [6, 6.07) is 0. The lowest BCUT2D eigenvalue weighted by atomic mass is 10.1. The summed E-state index contributed by atoms with van der Waals surface area (Å²) in [7, 11) is 0. The van der Waals surface area contributed by atoms with Crippen molar-refractivity contribution in [2.24, 2.45) is 0 Å². The van der Waals surface area contributed by atoms with E-state index in [9.17, 15) is 27.6 Å². The predicted octanol–water partition coefficient (Wildman–Crippen LogP) is 5.18. The van der Waals surface area contributed by atoms with Gasteiger partial charge in [0, 0.05) is 39.8 Å². The van der Waals surface area contributed by atoms with Crippen LogP contribution in [-0.4, -0.2) is 54.7 Å². The first-order chi connectivity index (χ1) is 14.5. The van der Waals surface area contributed by atoms with Crippen LogP contribution in [0.1, 0.15) is 91.4 Å². The SMILES string of the molecule is CCOC(=O)CCCCCCN(CCCC(CCCCC(F)(F)F)OC(C)=O)C(C)=O. The Morgan fingerprint density at radius 1 is 0.871 bits per heavy atom. The van der Waals surface area contributed by atoms with E-state index in [1.165, 1.54) is 13.8 Å². The van der Waals surface area contributed by atoms with E-state index in [1.807, 2.05) is 0 Å². The van der Waals surface area contributed by atoms with Crippen LogP contribution in [0.4, 0.5) is 13.2 Å². The molecule has 0 saturated heterocycles. The average molecular weight is 454 g/mol. The average Bonchev–Trinajstić information content (AvgIpc) is 2.64. The quantitative estimate of drug-likeness (QED) is 0.224. The van der Waals surface area contributed by atoms with Gasteiger partial charge in [0.1, 0.15) is 6.10 Å². The largest absolute Gasteiger partial charge is 0.466 e. The summed E-state index contributed by atoms with van der Waals surface area (Å²) < 4.78 is 46.9. The van der Waals surface area contributed by atoms with Gasteiger partial charge in [0.05, 0.1) is 6.61 Å². The maximum atomic E-state index is 12.3. The van der Waals surface area contributed by atoms with Crippen molar-refractivity contribution in [1.29, 1.82) is 0 Å². The number of ether oxygens (including phenoxy) is 2. The fourth-order valence-electron chi connectivity index (χ4n) is 3.29. The van der Waals surface area contributed by atoms with Crippen molar-refractivity contribution in [1.82, 2.24) is 4.90 Å². The number of carbonyl (C=O) groups is 3. The second kappa shape index (κ2) is 16.8. The van der Waals surface area contributed by atoms with E-state index in [4.69, 9.17) is 9.47 Å². The van der Waals surface area contributed by atoms with E-state index in [2.05, 4.69) is 0 Å². The van der Waals surface area contributed by atoms with Crippen LogP contribution in [0.15, 0.2) is 0 Å². The van der Waals surface area contributed by atoms with Gasteiger partial charge >= 0.3 is 18.1 Å². The summed E-state index contributed by atoms with van der Waals surface area (Å²) in [6.45, 7) is 6.07. The van der Waals surface area contributed by atoms with Crippen molar-refractivity contribution in [3.63, 3.8) is 0 Å². The van der Waals surface area contributed by atoms with Gasteiger partial charge in [-0.1, -0.05) is 12.8 Å². The lowest BCUT2D eigenvalue weighted by Crippen LogP contribution is -2.31. The van der Waals surface area contributed by atoms with Crippen LogP contribution < -0.4 is 0 Å². The number of amides is 1. The van der Waals surface area contributed by atoms with Gasteiger partial charge in [-0.15, -0.1) is 0 Å². The molecule has 0 aromatic rings. The zero-order chi connectivity index (χ0) is 23.7. The number of esters is 2. The summed E-state index contributed by atoms with van der Waals surface area (Å²) in [5.41, 5.74) is 0. The van der Waals surface area contributed by atoms with E-state index in [0.717, 1.165) is 25.7 Å². The summed E-state index contributed by atoms with van der Waals surface area (Å²) >= 11 is 0. The number of carbonyl (C=O) groups excluding carboxylic acids is 3. The second-order valence-electron chi connectivity index (χ2n) is 7.71. The topological polar surface area (TPSA) is 72.9 Å². The molecule has 0 fully saturated rings. The van der Waals surface area contributed by atoms with Gasteiger partial charge in [-0.25, -0.2) is 0 Å². The fraction of sp³-hybridized carbons (Fsp3) is 0.864. The van der Waals surface area contributed by atoms with Crippen molar-refractivity contribution < 1.29 is 37.0 Å². The minimum atomic E-state index is -4.17. The Morgan fingerprint density at radius 2 is 1.48 bits per heavy atom. The monoisotopic (exact) mass is 453 g/mol. The number of hydrogen-bond donors (Lipinski definition) is 0. The zero-order valence-electron chi connectivity index (χ0n) is 19.1. The lowest BCUT2D eigenvalue weighted by Gasteiger charge is -2.23. The Labute approximate surface area is 183 Å². The van der Waals surface area contributed by atoms with Crippen molar-refractivity contribution in [3.8, 4) is 0 Å². The molecule has 182 valence electrons. The third kappa shape index (κ3) is 18.7. The summed E-state index contributed by atoms with van der Waals surface area (Å²) in [5, 5.41) is 0. The van der Waals surface area contributed by atoms with Crippen LogP contribution in [0.5, 0.6) is 0 Å². The zero-order valence-corrected chi connectivity index (χ0v) is 19.1. The van der Waals surface area contributed by atoms with Gasteiger partial charge in [-0.05, 0) is 51.9 Å². The molecule has 0 aliphatic rings. The number of rotatable bonds is 17. The molecule has 0 aliphatic heterocycles. The summed E-state index contributed by atoms with van der Waals surface area (Å²) in [5.74, 6) is -0.679. The summed E-state index contributed by atoms with van der Waals surface area (Å²) in [6.07, 6.45) is 0.198. The van der Waals surface area contributed by atoms with Gasteiger partial charge < -0.3 is 14.4 Å². The Bertz CT molecular complexity index is 526. The van der Waals surface area contributed by atoms with E-state index >= 15 is 0 Å². The van der Waals surface area contributed by atoms with Crippen molar-refractivity contribution in [2.45, 2.75) is 104 Å². The molecule has 0 saturated carbocycles. The van der Waals surface area contributed by atoms with Gasteiger partial charge in [-0.3, -0.25) is 14.4 Å². The van der Waals surface area contributed by atoms with Gasteiger partial charge in [0.15, 0.2) is 0 Å². The molecule has 0 rings (SSSR count). The van der Waals surface area contributed by atoms with Crippen LogP contribution in [0.3, 0.4) is 0 Å². The van der Waals surface area contributed by atoms with Crippen LogP contribution in [-0.2, 0) is 23.9 Å². The molecular weight excluding hydrogens is 415 g/mol. The maximum Gasteiger partial charge on any atom is 0.389 e. The van der Waals surface area contributed by atoms with Crippen LogP contribution >= 0.6 is 0 Å². The smallest absolute Gasteiger partial charge is 0.389 e. The van der Waals surface area contributed by atoms with Gasteiger partial charge in [0.2, 0.25) is 5.91 Å². The van der Waals surface area contributed by atoms with Gasteiger partial charge in [0.25, 0.3) is 0 Å². The van der Waals surface area contributed by atoms with Crippen molar-refractivity contribution in [2.75, 3.05) is 19.7 Å². The molecule has 0 aromatic heterocycles. The predicted molar refractivity (Wildman–Crippen MR) is 111 cm³/mol. The Balaban J connectivity index is 4.17. The van der Waals surface area contributed by atoms with Crippen LogP contribution in [0, 0.1) is 0 Å². The minimum Gasteiger partial charge on any atom is -0.466 e. The number of unbranched alkanes of at least 4 members (excludes halogenated alkanes) is 4. The third-order valence-electron chi connectivity index (χ3n) is 4.83. The third-order valence-corrected chi connectivity index (χ3v) is 4.83. The summed E-state index contributed by atoms with van der Waals surface area (Å²) in [4.78, 5) is 36.1. The first-order valence-corrected chi connectivity index (χ1v) is 11.2. The van der Waals surface area contributed by atoms with E-state index < -0.39 is 24.7 Å². The second-order valence-corrected chi connectivity index (χ2v) is 7.71. The highest BCUT2D eigenvalue weighted by molar-refractivity contribution is 5.73. The first-order valence-electron chi connectivity index (χ1n) is 11.2. The highest BCUT2D eigenvalue weighted by atomic mass is 19.4. The van der Waals surface area contributed by atoms with E-state index in [-0.39, 0.29) is 18.3 Å². The molecule has 0 heterocycles. The molecular formula is C22H38F3NO5. The number of nitrogens with zero attached hydrogens (tertiary/aromatic N) is 1. The Kier molecular flexibility index (Phi) is 15.9. The Hall–Kier alpha value is -1.80. The molecule has 31 heavy (non-hydrogen) atoms. The van der Waals surface area contributed by atoms with Crippen molar-refractivity contribution >= 4 is 17.8 Å². The molecule has 1 unspecified atom stereocenters. The molecule has 0 spiro atoms.